The molecule has 1 aliphatic heterocycles. The zero-order valence-corrected chi connectivity index (χ0v) is 15.2. The fraction of sp³-hybridized carbons (Fsp3) is 0.611. The van der Waals surface area contributed by atoms with Crippen molar-refractivity contribution in [3.05, 3.63) is 29.3 Å². The van der Waals surface area contributed by atoms with Crippen LogP contribution >= 0.6 is 0 Å². The maximum Gasteiger partial charge on any atom is 0.241 e. The number of carbonyl (C=O) groups is 1. The number of nitrogens with one attached hydrogen (secondary N) is 2. The number of amides is 1. The molecule has 24 heavy (non-hydrogen) atoms. The molecule has 6 heteroatoms. The minimum absolute atomic E-state index is 0.00558. The van der Waals surface area contributed by atoms with Crippen LogP contribution in [0.5, 0.6) is 0 Å². The van der Waals surface area contributed by atoms with Gasteiger partial charge in [0, 0.05) is 18.0 Å². The van der Waals surface area contributed by atoms with Crippen LogP contribution in [0.25, 0.3) is 0 Å². The third kappa shape index (κ3) is 3.98. The largest absolute Gasteiger partial charge is 0.324 e. The topological polar surface area (TPSA) is 75.3 Å². The minimum atomic E-state index is -3.10. The Labute approximate surface area is 144 Å². The van der Waals surface area contributed by atoms with Gasteiger partial charge in [-0.15, -0.1) is 0 Å². The van der Waals surface area contributed by atoms with Gasteiger partial charge in [0.15, 0.2) is 9.84 Å². The van der Waals surface area contributed by atoms with Gasteiger partial charge in [0.05, 0.1) is 11.8 Å². The maximum absolute atomic E-state index is 12.6. The highest BCUT2D eigenvalue weighted by molar-refractivity contribution is 7.89. The number of fused-ring (bicyclic) bond motifs is 1. The molecular weight excluding hydrogens is 324 g/mol. The Bertz CT molecular complexity index is 716. The number of hydrogen-bond donors (Lipinski definition) is 2. The third-order valence-electron chi connectivity index (χ3n) is 5.30. The van der Waals surface area contributed by atoms with Crippen molar-refractivity contribution >= 4 is 21.4 Å². The molecule has 1 aromatic rings. The lowest BCUT2D eigenvalue weighted by atomic mass is 9.85. The maximum atomic E-state index is 12.6. The van der Waals surface area contributed by atoms with E-state index in [0.717, 1.165) is 24.0 Å². The molecule has 2 N–H and O–H groups in total. The zero-order valence-electron chi connectivity index (χ0n) is 14.3. The molecule has 1 heterocycles. The summed E-state index contributed by atoms with van der Waals surface area (Å²) in [6.45, 7) is 1.86. The average molecular weight is 350 g/mol. The van der Waals surface area contributed by atoms with Crippen LogP contribution in [0.1, 0.15) is 43.2 Å². The van der Waals surface area contributed by atoms with Crippen molar-refractivity contribution in [3.63, 3.8) is 0 Å². The quantitative estimate of drug-likeness (QED) is 0.874. The summed E-state index contributed by atoms with van der Waals surface area (Å²) in [4.78, 5) is 12.6. The summed E-state index contributed by atoms with van der Waals surface area (Å²) in [5.74, 6) is 0.602. The minimum Gasteiger partial charge on any atom is -0.324 e. The Hall–Kier alpha value is -1.40. The summed E-state index contributed by atoms with van der Waals surface area (Å²) in [7, 11) is -3.10. The third-order valence-corrected chi connectivity index (χ3v) is 6.14. The first-order valence-electron chi connectivity index (χ1n) is 8.66. The van der Waals surface area contributed by atoms with E-state index in [2.05, 4.69) is 10.6 Å². The van der Waals surface area contributed by atoms with Crippen molar-refractivity contribution in [2.75, 3.05) is 11.6 Å². The number of sulfone groups is 1. The Morgan fingerprint density at radius 2 is 2.04 bits per heavy atom. The van der Waals surface area contributed by atoms with Crippen LogP contribution in [-0.2, 0) is 20.4 Å². The summed E-state index contributed by atoms with van der Waals surface area (Å²) in [5.41, 5.74) is 2.27. The first-order chi connectivity index (χ1) is 11.3. The van der Waals surface area contributed by atoms with Gasteiger partial charge in [-0.3, -0.25) is 4.79 Å². The molecule has 1 aliphatic carbocycles. The highest BCUT2D eigenvalue weighted by Crippen LogP contribution is 2.33. The Kier molecular flexibility index (Phi) is 4.97. The van der Waals surface area contributed by atoms with Gasteiger partial charge in [0.1, 0.15) is 0 Å². The normalized spacial score (nSPS) is 26.8. The van der Waals surface area contributed by atoms with Crippen LogP contribution in [0.2, 0.25) is 0 Å². The molecule has 3 atom stereocenters. The van der Waals surface area contributed by atoms with E-state index >= 15 is 0 Å². The van der Waals surface area contributed by atoms with Crippen LogP contribution in [0.15, 0.2) is 18.2 Å². The number of rotatable bonds is 4. The van der Waals surface area contributed by atoms with Crippen molar-refractivity contribution in [3.8, 4) is 0 Å². The lowest BCUT2D eigenvalue weighted by molar-refractivity contribution is -0.117. The van der Waals surface area contributed by atoms with E-state index in [1.54, 1.807) is 12.1 Å². The Balaban J connectivity index is 1.70. The van der Waals surface area contributed by atoms with Gasteiger partial charge in [0.25, 0.3) is 0 Å². The van der Waals surface area contributed by atoms with Gasteiger partial charge in [-0.25, -0.2) is 8.42 Å². The molecule has 0 spiro atoms. The molecule has 1 saturated heterocycles. The number of benzene rings is 1. The summed E-state index contributed by atoms with van der Waals surface area (Å²) >= 11 is 0. The first kappa shape index (κ1) is 17.4. The van der Waals surface area contributed by atoms with Crippen molar-refractivity contribution in [2.24, 2.45) is 5.92 Å². The smallest absolute Gasteiger partial charge is 0.241 e. The molecule has 0 aromatic heterocycles. The molecule has 2 aliphatic rings. The van der Waals surface area contributed by atoms with E-state index in [4.69, 9.17) is 0 Å². The van der Waals surface area contributed by atoms with Crippen LogP contribution in [0.4, 0.5) is 5.69 Å². The monoisotopic (exact) mass is 350 g/mol. The summed E-state index contributed by atoms with van der Waals surface area (Å²) in [6, 6.07) is 5.77. The average Bonchev–Trinajstić information content (AvgIpc) is 2.94. The second kappa shape index (κ2) is 6.84. The Morgan fingerprint density at radius 3 is 2.75 bits per heavy atom. The van der Waals surface area contributed by atoms with E-state index in [1.165, 1.54) is 25.5 Å². The van der Waals surface area contributed by atoms with E-state index in [-0.39, 0.29) is 17.7 Å². The number of hydrogen-bond acceptors (Lipinski definition) is 4. The molecule has 5 nitrogen and oxygen atoms in total. The first-order valence-corrected chi connectivity index (χ1v) is 10.7. The van der Waals surface area contributed by atoms with E-state index in [1.807, 2.05) is 13.0 Å². The van der Waals surface area contributed by atoms with Crippen LogP contribution < -0.4 is 10.6 Å². The molecule has 132 valence electrons. The highest BCUT2D eigenvalue weighted by Gasteiger charge is 2.38. The van der Waals surface area contributed by atoms with Gasteiger partial charge >= 0.3 is 0 Å². The zero-order chi connectivity index (χ0) is 17.3. The molecule has 3 rings (SSSR count). The fourth-order valence-electron chi connectivity index (χ4n) is 4.00. The lowest BCUT2D eigenvalue weighted by Gasteiger charge is -2.24. The molecule has 1 amide bonds. The standard InChI is InChI=1S/C18H26N2O3S/c1-12-14(11-24(2,22)23)7-5-9-15(12)20-18(21)17-10-13-6-3-4-8-16(13)19-17/h5,7,9,13,16-17,19H,3-4,6,8,10-11H2,1-2H3,(H,20,21). The highest BCUT2D eigenvalue weighted by atomic mass is 32.2. The molecule has 1 saturated carbocycles. The summed E-state index contributed by atoms with van der Waals surface area (Å²) in [5, 5.41) is 6.47. The molecular formula is C18H26N2O3S. The predicted octanol–water partition coefficient (Wildman–Crippen LogP) is 2.40. The van der Waals surface area contributed by atoms with Gasteiger partial charge in [-0.2, -0.15) is 0 Å². The van der Waals surface area contributed by atoms with E-state index in [9.17, 15) is 13.2 Å². The molecule has 1 aromatic carbocycles. The molecule has 0 bridgehead atoms. The van der Waals surface area contributed by atoms with E-state index < -0.39 is 9.84 Å². The van der Waals surface area contributed by atoms with Crippen LogP contribution in [0.3, 0.4) is 0 Å². The second-order valence-electron chi connectivity index (χ2n) is 7.26. The fourth-order valence-corrected chi connectivity index (χ4v) is 4.88. The van der Waals surface area contributed by atoms with Gasteiger partial charge in [-0.1, -0.05) is 25.0 Å². The molecule has 2 fully saturated rings. The SMILES string of the molecule is Cc1c(CS(C)(=O)=O)cccc1NC(=O)C1CC2CCCCC2N1. The van der Waals surface area contributed by atoms with Crippen molar-refractivity contribution in [1.82, 2.24) is 5.32 Å². The number of carbonyl (C=O) groups excluding carboxylic acids is 1. The summed E-state index contributed by atoms with van der Waals surface area (Å²) < 4.78 is 23.1. The Morgan fingerprint density at radius 1 is 1.29 bits per heavy atom. The van der Waals surface area contributed by atoms with Crippen LogP contribution in [-0.4, -0.2) is 32.7 Å². The van der Waals surface area contributed by atoms with Crippen molar-refractivity contribution in [2.45, 2.75) is 56.9 Å². The van der Waals surface area contributed by atoms with E-state index in [0.29, 0.717) is 17.6 Å². The van der Waals surface area contributed by atoms with Crippen molar-refractivity contribution < 1.29 is 13.2 Å². The van der Waals surface area contributed by atoms with Gasteiger partial charge in [0.2, 0.25) is 5.91 Å². The predicted molar refractivity (Wildman–Crippen MR) is 95.6 cm³/mol. The van der Waals surface area contributed by atoms with Gasteiger partial charge < -0.3 is 10.6 Å². The van der Waals surface area contributed by atoms with Crippen molar-refractivity contribution in [1.29, 1.82) is 0 Å². The number of anilines is 1. The van der Waals surface area contributed by atoms with Gasteiger partial charge in [-0.05, 0) is 49.3 Å². The molecule has 3 unspecified atom stereocenters. The second-order valence-corrected chi connectivity index (χ2v) is 9.40. The lowest BCUT2D eigenvalue weighted by Crippen LogP contribution is -2.40. The summed E-state index contributed by atoms with van der Waals surface area (Å²) in [6.07, 6.45) is 7.01. The van der Waals surface area contributed by atoms with Crippen LogP contribution in [0, 0.1) is 12.8 Å². The molecule has 0 radical (unpaired) electrons.